The summed E-state index contributed by atoms with van der Waals surface area (Å²) in [6.07, 6.45) is 4.07. The fourth-order valence-electron chi connectivity index (χ4n) is 2.02. The molecule has 0 aromatic carbocycles. The van der Waals surface area contributed by atoms with E-state index in [0.717, 1.165) is 24.8 Å². The summed E-state index contributed by atoms with van der Waals surface area (Å²) in [5.41, 5.74) is 11.9. The molecule has 1 fully saturated rings. The van der Waals surface area contributed by atoms with Crippen LogP contribution in [-0.4, -0.2) is 18.1 Å². The number of anilines is 3. The fraction of sp³-hybridized carbons (Fsp3) is 0.583. The van der Waals surface area contributed by atoms with Crippen molar-refractivity contribution >= 4 is 17.3 Å². The fourth-order valence-corrected chi connectivity index (χ4v) is 2.02. The highest BCUT2D eigenvalue weighted by Crippen LogP contribution is 2.29. The molecule has 1 saturated carbocycles. The van der Waals surface area contributed by atoms with Crippen LogP contribution in [0.1, 0.15) is 26.2 Å². The van der Waals surface area contributed by atoms with Gasteiger partial charge in [-0.15, -0.1) is 0 Å². The highest BCUT2D eigenvalue weighted by Gasteiger charge is 2.20. The van der Waals surface area contributed by atoms with E-state index < -0.39 is 0 Å². The molecule has 1 aromatic heterocycles. The van der Waals surface area contributed by atoms with Crippen LogP contribution in [0.15, 0.2) is 12.1 Å². The number of aromatic nitrogens is 1. The highest BCUT2D eigenvalue weighted by atomic mass is 15.2. The Morgan fingerprint density at radius 3 is 2.62 bits per heavy atom. The molecule has 2 rings (SSSR count). The number of hydrogen-bond donors (Lipinski definition) is 2. The lowest BCUT2D eigenvalue weighted by molar-refractivity contribution is 0.318. The molecule has 0 amide bonds. The Kier molecular flexibility index (Phi) is 3.17. The van der Waals surface area contributed by atoms with Gasteiger partial charge in [-0.3, -0.25) is 0 Å². The zero-order valence-corrected chi connectivity index (χ0v) is 9.82. The van der Waals surface area contributed by atoms with Gasteiger partial charge in [0.2, 0.25) is 0 Å². The zero-order valence-electron chi connectivity index (χ0n) is 9.82. The SMILES string of the molecule is CCN(CC1CCC1)c1ccc(N)c(N)n1. The average Bonchev–Trinajstić information content (AvgIpc) is 2.21. The molecule has 88 valence electrons. The second-order valence-corrected chi connectivity index (χ2v) is 4.48. The van der Waals surface area contributed by atoms with Crippen LogP contribution in [-0.2, 0) is 0 Å². The normalized spacial score (nSPS) is 15.8. The van der Waals surface area contributed by atoms with Crippen molar-refractivity contribution in [3.63, 3.8) is 0 Å². The largest absolute Gasteiger partial charge is 0.396 e. The molecule has 4 heteroatoms. The van der Waals surface area contributed by atoms with Crippen molar-refractivity contribution in [2.24, 2.45) is 5.92 Å². The second-order valence-electron chi connectivity index (χ2n) is 4.48. The molecule has 1 heterocycles. The molecular formula is C12H20N4. The molecule has 0 aliphatic heterocycles. The summed E-state index contributed by atoms with van der Waals surface area (Å²) in [6, 6.07) is 3.79. The molecule has 0 atom stereocenters. The van der Waals surface area contributed by atoms with Crippen molar-refractivity contribution in [2.45, 2.75) is 26.2 Å². The Labute approximate surface area is 96.6 Å². The molecule has 1 aromatic rings. The van der Waals surface area contributed by atoms with Gasteiger partial charge in [0, 0.05) is 13.1 Å². The highest BCUT2D eigenvalue weighted by molar-refractivity contribution is 5.62. The Hall–Kier alpha value is -1.45. The number of hydrogen-bond acceptors (Lipinski definition) is 4. The van der Waals surface area contributed by atoms with Crippen LogP contribution >= 0.6 is 0 Å². The van der Waals surface area contributed by atoms with E-state index >= 15 is 0 Å². The van der Waals surface area contributed by atoms with Gasteiger partial charge in [0.25, 0.3) is 0 Å². The topological polar surface area (TPSA) is 68.2 Å². The van der Waals surface area contributed by atoms with Gasteiger partial charge >= 0.3 is 0 Å². The summed E-state index contributed by atoms with van der Waals surface area (Å²) in [7, 11) is 0. The predicted molar refractivity (Wildman–Crippen MR) is 68.3 cm³/mol. The third-order valence-corrected chi connectivity index (χ3v) is 3.35. The molecule has 0 spiro atoms. The predicted octanol–water partition coefficient (Wildman–Crippen LogP) is 1.87. The van der Waals surface area contributed by atoms with Crippen molar-refractivity contribution < 1.29 is 0 Å². The molecule has 0 saturated heterocycles. The Balaban J connectivity index is 2.09. The monoisotopic (exact) mass is 220 g/mol. The summed E-state index contributed by atoms with van der Waals surface area (Å²) >= 11 is 0. The summed E-state index contributed by atoms with van der Waals surface area (Å²) in [6.45, 7) is 4.20. The Morgan fingerprint density at radius 2 is 2.12 bits per heavy atom. The minimum Gasteiger partial charge on any atom is -0.396 e. The van der Waals surface area contributed by atoms with Crippen molar-refractivity contribution in [1.82, 2.24) is 4.98 Å². The van der Waals surface area contributed by atoms with Gasteiger partial charge in [-0.1, -0.05) is 6.42 Å². The second kappa shape index (κ2) is 4.60. The van der Waals surface area contributed by atoms with Gasteiger partial charge in [-0.25, -0.2) is 4.98 Å². The van der Waals surface area contributed by atoms with Crippen LogP contribution in [0.3, 0.4) is 0 Å². The van der Waals surface area contributed by atoms with E-state index in [2.05, 4.69) is 16.8 Å². The first-order chi connectivity index (χ1) is 7.70. The quantitative estimate of drug-likeness (QED) is 0.813. The van der Waals surface area contributed by atoms with E-state index in [4.69, 9.17) is 11.5 Å². The number of rotatable bonds is 4. The van der Waals surface area contributed by atoms with Gasteiger partial charge < -0.3 is 16.4 Å². The third-order valence-electron chi connectivity index (χ3n) is 3.35. The average molecular weight is 220 g/mol. The van der Waals surface area contributed by atoms with Crippen molar-refractivity contribution in [1.29, 1.82) is 0 Å². The molecule has 0 unspecified atom stereocenters. The molecule has 4 N–H and O–H groups in total. The molecular weight excluding hydrogens is 200 g/mol. The third kappa shape index (κ3) is 2.21. The van der Waals surface area contributed by atoms with E-state index in [1.54, 1.807) is 0 Å². The summed E-state index contributed by atoms with van der Waals surface area (Å²) in [4.78, 5) is 6.61. The van der Waals surface area contributed by atoms with Gasteiger partial charge in [-0.2, -0.15) is 0 Å². The Morgan fingerprint density at radius 1 is 1.38 bits per heavy atom. The lowest BCUT2D eigenvalue weighted by atomic mass is 9.85. The van der Waals surface area contributed by atoms with Crippen molar-refractivity contribution in [3.8, 4) is 0 Å². The van der Waals surface area contributed by atoms with E-state index in [1.807, 2.05) is 12.1 Å². The van der Waals surface area contributed by atoms with E-state index in [9.17, 15) is 0 Å². The first-order valence-electron chi connectivity index (χ1n) is 5.97. The lowest BCUT2D eigenvalue weighted by Gasteiger charge is -2.32. The van der Waals surface area contributed by atoms with E-state index in [0.29, 0.717) is 11.5 Å². The van der Waals surface area contributed by atoms with Crippen LogP contribution in [0.25, 0.3) is 0 Å². The zero-order chi connectivity index (χ0) is 11.5. The van der Waals surface area contributed by atoms with E-state index in [-0.39, 0.29) is 0 Å². The van der Waals surface area contributed by atoms with Crippen molar-refractivity contribution in [3.05, 3.63) is 12.1 Å². The maximum Gasteiger partial charge on any atom is 0.149 e. The van der Waals surface area contributed by atoms with E-state index in [1.165, 1.54) is 19.3 Å². The molecule has 1 aliphatic rings. The van der Waals surface area contributed by atoms with Crippen LogP contribution in [0.2, 0.25) is 0 Å². The molecule has 0 bridgehead atoms. The molecule has 1 aliphatic carbocycles. The minimum atomic E-state index is 0.435. The van der Waals surface area contributed by atoms with Gasteiger partial charge in [-0.05, 0) is 37.8 Å². The maximum atomic E-state index is 5.73. The lowest BCUT2D eigenvalue weighted by Crippen LogP contribution is -2.33. The first-order valence-corrected chi connectivity index (χ1v) is 5.97. The first kappa shape index (κ1) is 11.0. The minimum absolute atomic E-state index is 0.435. The van der Waals surface area contributed by atoms with Crippen LogP contribution in [0, 0.1) is 5.92 Å². The molecule has 0 radical (unpaired) electrons. The molecule has 16 heavy (non-hydrogen) atoms. The maximum absolute atomic E-state index is 5.73. The smallest absolute Gasteiger partial charge is 0.149 e. The number of nitrogen functional groups attached to an aromatic ring is 2. The summed E-state index contributed by atoms with van der Waals surface area (Å²) < 4.78 is 0. The Bertz CT molecular complexity index is 360. The van der Waals surface area contributed by atoms with Gasteiger partial charge in [0.15, 0.2) is 0 Å². The van der Waals surface area contributed by atoms with Crippen LogP contribution < -0.4 is 16.4 Å². The van der Waals surface area contributed by atoms with Crippen LogP contribution in [0.5, 0.6) is 0 Å². The summed E-state index contributed by atoms with van der Waals surface area (Å²) in [5, 5.41) is 0. The van der Waals surface area contributed by atoms with Crippen LogP contribution in [0.4, 0.5) is 17.3 Å². The standard InChI is InChI=1S/C12H20N4/c1-2-16(8-9-4-3-5-9)11-7-6-10(13)12(14)15-11/h6-7,9H,2-5,8,13H2,1H3,(H2,14,15). The number of pyridine rings is 1. The number of nitrogens with two attached hydrogens (primary N) is 2. The van der Waals surface area contributed by atoms with Gasteiger partial charge in [0.05, 0.1) is 5.69 Å². The van der Waals surface area contributed by atoms with Crippen molar-refractivity contribution in [2.75, 3.05) is 29.5 Å². The van der Waals surface area contributed by atoms with Gasteiger partial charge in [0.1, 0.15) is 11.6 Å². The number of nitrogens with zero attached hydrogens (tertiary/aromatic N) is 2. The summed E-state index contributed by atoms with van der Waals surface area (Å²) in [5.74, 6) is 2.21. The molecule has 4 nitrogen and oxygen atoms in total.